The molecule has 1 amide bonds. The molecule has 36 heavy (non-hydrogen) atoms. The predicted molar refractivity (Wildman–Crippen MR) is 131 cm³/mol. The van der Waals surface area contributed by atoms with Gasteiger partial charge in [0, 0.05) is 23.7 Å². The van der Waals surface area contributed by atoms with Crippen molar-refractivity contribution in [3.8, 4) is 33.9 Å². The normalized spacial score (nSPS) is 11.3. The second kappa shape index (κ2) is 9.77. The predicted octanol–water partition coefficient (Wildman–Crippen LogP) is 6.53. The van der Waals surface area contributed by atoms with Crippen molar-refractivity contribution < 1.29 is 27.4 Å². The lowest BCUT2D eigenvalue weighted by Gasteiger charge is -2.13. The summed E-state index contributed by atoms with van der Waals surface area (Å²) in [5, 5.41) is 7.53. The van der Waals surface area contributed by atoms with Crippen LogP contribution in [-0.4, -0.2) is 29.2 Å². The van der Waals surface area contributed by atoms with Crippen LogP contribution >= 0.6 is 0 Å². The Labute approximate surface area is 206 Å². The summed E-state index contributed by atoms with van der Waals surface area (Å²) < 4.78 is 48.1. The Bertz CT molecular complexity index is 1390. The van der Waals surface area contributed by atoms with Crippen LogP contribution in [0.4, 0.5) is 19.0 Å². The molecule has 4 aromatic rings. The Morgan fingerprint density at radius 3 is 2.11 bits per heavy atom. The van der Waals surface area contributed by atoms with Crippen LogP contribution in [0.25, 0.3) is 22.4 Å². The number of methoxy groups -OCH3 is 1. The number of hydrogen-bond acceptors (Lipinski definition) is 4. The van der Waals surface area contributed by atoms with Gasteiger partial charge in [-0.3, -0.25) is 9.48 Å². The molecule has 0 spiro atoms. The number of carbonyl (C=O) groups excluding carboxylic acids is 1. The van der Waals surface area contributed by atoms with E-state index in [0.29, 0.717) is 22.5 Å². The van der Waals surface area contributed by atoms with E-state index in [4.69, 9.17) is 4.74 Å². The second-order valence-corrected chi connectivity index (χ2v) is 8.18. The van der Waals surface area contributed by atoms with Gasteiger partial charge in [-0.25, -0.2) is 0 Å². The lowest BCUT2D eigenvalue weighted by atomic mass is 9.96. The smallest absolute Gasteiger partial charge is 0.497 e. The molecular formula is C27H24F3N3O3. The molecule has 186 valence electrons. The van der Waals surface area contributed by atoms with E-state index in [1.54, 1.807) is 37.9 Å². The summed E-state index contributed by atoms with van der Waals surface area (Å²) >= 11 is 0. The topological polar surface area (TPSA) is 65.4 Å². The standard InChI is InChI=1S/C27H24F3N3O3/c1-16-22(18-8-14-21(15-9-18)36-27(28,29)30)6-5-7-23(16)26(34)31-25-17(2)24(32-33(25)3)19-10-12-20(35-4)13-11-19/h5-15H,1-4H3,(H,31,34). The molecule has 0 bridgehead atoms. The van der Waals surface area contributed by atoms with Crippen molar-refractivity contribution in [3.63, 3.8) is 0 Å². The van der Waals surface area contributed by atoms with Gasteiger partial charge in [-0.1, -0.05) is 24.3 Å². The zero-order chi connectivity index (χ0) is 26.0. The van der Waals surface area contributed by atoms with E-state index in [1.165, 1.54) is 24.3 Å². The number of rotatable bonds is 6. The van der Waals surface area contributed by atoms with Crippen LogP contribution in [0.3, 0.4) is 0 Å². The fourth-order valence-corrected chi connectivity index (χ4v) is 4.03. The zero-order valence-corrected chi connectivity index (χ0v) is 20.1. The van der Waals surface area contributed by atoms with Gasteiger partial charge >= 0.3 is 6.36 Å². The number of hydrogen-bond donors (Lipinski definition) is 1. The quantitative estimate of drug-likeness (QED) is 0.330. The molecule has 1 aromatic heterocycles. The first-order valence-corrected chi connectivity index (χ1v) is 11.0. The van der Waals surface area contributed by atoms with E-state index < -0.39 is 6.36 Å². The summed E-state index contributed by atoms with van der Waals surface area (Å²) in [5.74, 6) is 0.666. The van der Waals surface area contributed by atoms with Crippen molar-refractivity contribution in [3.05, 3.63) is 83.4 Å². The molecule has 9 heteroatoms. The molecule has 0 aliphatic carbocycles. The summed E-state index contributed by atoms with van der Waals surface area (Å²) in [6.07, 6.45) is -4.76. The summed E-state index contributed by atoms with van der Waals surface area (Å²) in [6.45, 7) is 3.68. The number of halogens is 3. The van der Waals surface area contributed by atoms with Gasteiger partial charge in [0.25, 0.3) is 5.91 Å². The molecule has 0 saturated heterocycles. The van der Waals surface area contributed by atoms with E-state index in [0.717, 1.165) is 28.1 Å². The number of carbonyl (C=O) groups is 1. The average molecular weight is 496 g/mol. The van der Waals surface area contributed by atoms with Crippen LogP contribution in [0, 0.1) is 13.8 Å². The molecule has 1 N–H and O–H groups in total. The number of aryl methyl sites for hydroxylation is 1. The van der Waals surface area contributed by atoms with Crippen molar-refractivity contribution in [2.24, 2.45) is 7.05 Å². The average Bonchev–Trinajstić information content (AvgIpc) is 3.12. The van der Waals surface area contributed by atoms with Crippen molar-refractivity contribution in [2.45, 2.75) is 20.2 Å². The fraction of sp³-hybridized carbons (Fsp3) is 0.185. The first kappa shape index (κ1) is 24.8. The number of aromatic nitrogens is 2. The van der Waals surface area contributed by atoms with E-state index in [-0.39, 0.29) is 11.7 Å². The number of alkyl halides is 3. The monoisotopic (exact) mass is 495 g/mol. The Balaban J connectivity index is 1.59. The first-order chi connectivity index (χ1) is 17.1. The Hall–Kier alpha value is -4.27. The lowest BCUT2D eigenvalue weighted by molar-refractivity contribution is -0.274. The molecular weight excluding hydrogens is 471 g/mol. The van der Waals surface area contributed by atoms with Gasteiger partial charge in [-0.2, -0.15) is 5.10 Å². The van der Waals surface area contributed by atoms with Crippen LogP contribution in [0.5, 0.6) is 11.5 Å². The maximum Gasteiger partial charge on any atom is 0.573 e. The van der Waals surface area contributed by atoms with Crippen molar-refractivity contribution in [2.75, 3.05) is 12.4 Å². The Morgan fingerprint density at radius 2 is 1.50 bits per heavy atom. The fourth-order valence-electron chi connectivity index (χ4n) is 4.03. The van der Waals surface area contributed by atoms with Crippen LogP contribution in [0.15, 0.2) is 66.7 Å². The largest absolute Gasteiger partial charge is 0.573 e. The van der Waals surface area contributed by atoms with E-state index in [9.17, 15) is 18.0 Å². The maximum absolute atomic E-state index is 13.2. The van der Waals surface area contributed by atoms with Crippen LogP contribution < -0.4 is 14.8 Å². The highest BCUT2D eigenvalue weighted by atomic mass is 19.4. The van der Waals surface area contributed by atoms with Gasteiger partial charge in [-0.05, 0) is 73.0 Å². The van der Waals surface area contributed by atoms with Gasteiger partial charge in [-0.15, -0.1) is 13.2 Å². The second-order valence-electron chi connectivity index (χ2n) is 8.18. The van der Waals surface area contributed by atoms with E-state index in [2.05, 4.69) is 15.2 Å². The minimum absolute atomic E-state index is 0.308. The molecule has 0 aliphatic rings. The zero-order valence-electron chi connectivity index (χ0n) is 20.1. The molecule has 0 radical (unpaired) electrons. The SMILES string of the molecule is COc1ccc(-c2nn(C)c(NC(=O)c3cccc(-c4ccc(OC(F)(F)F)cc4)c3C)c2C)cc1. The van der Waals surface area contributed by atoms with Gasteiger partial charge in [0.05, 0.1) is 12.8 Å². The molecule has 6 nitrogen and oxygen atoms in total. The third kappa shape index (κ3) is 5.19. The van der Waals surface area contributed by atoms with E-state index >= 15 is 0 Å². The molecule has 0 saturated carbocycles. The van der Waals surface area contributed by atoms with E-state index in [1.807, 2.05) is 37.3 Å². The number of nitrogens with one attached hydrogen (secondary N) is 1. The number of amides is 1. The highest BCUT2D eigenvalue weighted by molar-refractivity contribution is 6.06. The van der Waals surface area contributed by atoms with Crippen molar-refractivity contribution in [1.82, 2.24) is 9.78 Å². The molecule has 3 aromatic carbocycles. The number of anilines is 1. The van der Waals surface area contributed by atoms with Gasteiger partial charge in [0.2, 0.25) is 0 Å². The number of benzene rings is 3. The number of nitrogens with zero attached hydrogens (tertiary/aromatic N) is 2. The van der Waals surface area contributed by atoms with Crippen LogP contribution in [0.2, 0.25) is 0 Å². The van der Waals surface area contributed by atoms with Crippen LogP contribution in [0.1, 0.15) is 21.5 Å². The summed E-state index contributed by atoms with van der Waals surface area (Å²) in [5.41, 5.74) is 4.95. The summed E-state index contributed by atoms with van der Waals surface area (Å²) in [7, 11) is 3.35. The third-order valence-electron chi connectivity index (χ3n) is 5.86. The summed E-state index contributed by atoms with van der Waals surface area (Å²) in [6, 6.07) is 18.3. The van der Waals surface area contributed by atoms with Crippen molar-refractivity contribution in [1.29, 1.82) is 0 Å². The Morgan fingerprint density at radius 1 is 0.889 bits per heavy atom. The molecule has 0 aliphatic heterocycles. The van der Waals surface area contributed by atoms with Gasteiger partial charge < -0.3 is 14.8 Å². The molecule has 0 atom stereocenters. The first-order valence-electron chi connectivity index (χ1n) is 11.0. The summed E-state index contributed by atoms with van der Waals surface area (Å²) in [4.78, 5) is 13.2. The van der Waals surface area contributed by atoms with Gasteiger partial charge in [0.1, 0.15) is 17.3 Å². The van der Waals surface area contributed by atoms with Gasteiger partial charge in [0.15, 0.2) is 0 Å². The Kier molecular flexibility index (Phi) is 6.74. The van der Waals surface area contributed by atoms with Crippen LogP contribution in [-0.2, 0) is 7.05 Å². The van der Waals surface area contributed by atoms with Crippen molar-refractivity contribution >= 4 is 11.7 Å². The third-order valence-corrected chi connectivity index (χ3v) is 5.86. The molecule has 4 rings (SSSR count). The maximum atomic E-state index is 13.2. The molecule has 0 unspecified atom stereocenters. The highest BCUT2D eigenvalue weighted by Gasteiger charge is 2.31. The lowest BCUT2D eigenvalue weighted by Crippen LogP contribution is -2.17. The molecule has 0 fully saturated rings. The molecule has 1 heterocycles. The minimum atomic E-state index is -4.76. The number of ether oxygens (including phenoxy) is 2. The highest BCUT2D eigenvalue weighted by Crippen LogP contribution is 2.32. The minimum Gasteiger partial charge on any atom is -0.497 e.